The molecule has 0 atom stereocenters. The summed E-state index contributed by atoms with van der Waals surface area (Å²) >= 11 is 3.52. The summed E-state index contributed by atoms with van der Waals surface area (Å²) in [6.07, 6.45) is 1.73. The van der Waals surface area contributed by atoms with Crippen LogP contribution in [0.15, 0.2) is 65.1 Å². The number of rotatable bonds is 7. The van der Waals surface area contributed by atoms with Gasteiger partial charge in [-0.15, -0.1) is 0 Å². The van der Waals surface area contributed by atoms with Crippen molar-refractivity contribution in [3.63, 3.8) is 0 Å². The zero-order valence-corrected chi connectivity index (χ0v) is 18.8. The molecule has 0 spiro atoms. The van der Waals surface area contributed by atoms with Crippen LogP contribution in [0.2, 0.25) is 0 Å². The number of aromatic nitrogens is 2. The second kappa shape index (κ2) is 9.67. The molecule has 0 aliphatic rings. The monoisotopic (exact) mass is 491 g/mol. The zero-order chi connectivity index (χ0) is 22.5. The largest absolute Gasteiger partial charge is 0.490 e. The SMILES string of the molecule is CCOc1cc(/C=C(\C#N)c2nc3ccccc3[nH]2)cc(Br)c1OCc1ccccc1F. The van der Waals surface area contributed by atoms with Gasteiger partial charge >= 0.3 is 0 Å². The molecule has 0 radical (unpaired) electrons. The number of fused-ring (bicyclic) bond motifs is 1. The lowest BCUT2D eigenvalue weighted by atomic mass is 10.1. The molecule has 0 unspecified atom stereocenters. The molecule has 0 aliphatic heterocycles. The van der Waals surface area contributed by atoms with Crippen molar-refractivity contribution in [2.45, 2.75) is 13.5 Å². The lowest BCUT2D eigenvalue weighted by Crippen LogP contribution is -2.02. The summed E-state index contributed by atoms with van der Waals surface area (Å²) in [4.78, 5) is 7.67. The van der Waals surface area contributed by atoms with Gasteiger partial charge in [-0.2, -0.15) is 5.26 Å². The third kappa shape index (κ3) is 4.66. The molecule has 1 aromatic heterocycles. The summed E-state index contributed by atoms with van der Waals surface area (Å²) in [5.41, 5.74) is 3.21. The number of nitrogens with one attached hydrogen (secondary N) is 1. The number of nitrogens with zero attached hydrogens (tertiary/aromatic N) is 2. The number of nitriles is 1. The fourth-order valence-corrected chi connectivity index (χ4v) is 3.81. The van der Waals surface area contributed by atoms with Crippen LogP contribution in [-0.4, -0.2) is 16.6 Å². The smallest absolute Gasteiger partial charge is 0.175 e. The van der Waals surface area contributed by atoms with Gasteiger partial charge in [-0.05, 0) is 64.8 Å². The maximum absolute atomic E-state index is 14.0. The highest BCUT2D eigenvalue weighted by Gasteiger charge is 2.15. The number of halogens is 2. The van der Waals surface area contributed by atoms with E-state index in [2.05, 4.69) is 32.0 Å². The minimum absolute atomic E-state index is 0.0585. The van der Waals surface area contributed by atoms with E-state index in [0.717, 1.165) is 16.6 Å². The molecule has 1 heterocycles. The molecule has 0 bridgehead atoms. The summed E-state index contributed by atoms with van der Waals surface area (Å²) in [6, 6.07) is 19.9. The third-order valence-electron chi connectivity index (χ3n) is 4.74. The quantitative estimate of drug-likeness (QED) is 0.299. The van der Waals surface area contributed by atoms with E-state index in [9.17, 15) is 9.65 Å². The molecule has 0 fully saturated rings. The van der Waals surface area contributed by atoms with Gasteiger partial charge in [0.25, 0.3) is 0 Å². The fraction of sp³-hybridized carbons (Fsp3) is 0.120. The average Bonchev–Trinajstić information content (AvgIpc) is 3.22. The van der Waals surface area contributed by atoms with Gasteiger partial charge in [0.05, 0.1) is 27.7 Å². The Hall–Kier alpha value is -3.63. The highest BCUT2D eigenvalue weighted by Crippen LogP contribution is 2.38. The second-order valence-electron chi connectivity index (χ2n) is 6.92. The van der Waals surface area contributed by atoms with Crippen molar-refractivity contribution in [1.29, 1.82) is 5.26 Å². The van der Waals surface area contributed by atoms with Crippen molar-refractivity contribution in [3.05, 3.63) is 87.9 Å². The van der Waals surface area contributed by atoms with Gasteiger partial charge < -0.3 is 14.5 Å². The third-order valence-corrected chi connectivity index (χ3v) is 5.33. The normalized spacial score (nSPS) is 11.4. The fourth-order valence-electron chi connectivity index (χ4n) is 3.24. The van der Waals surface area contributed by atoms with Crippen LogP contribution in [0.25, 0.3) is 22.7 Å². The Morgan fingerprint density at radius 3 is 2.69 bits per heavy atom. The number of aromatic amines is 1. The van der Waals surface area contributed by atoms with Crippen molar-refractivity contribution >= 4 is 38.6 Å². The van der Waals surface area contributed by atoms with Crippen molar-refractivity contribution in [3.8, 4) is 17.6 Å². The van der Waals surface area contributed by atoms with Crippen molar-refractivity contribution in [1.82, 2.24) is 9.97 Å². The predicted molar refractivity (Wildman–Crippen MR) is 126 cm³/mol. The first-order chi connectivity index (χ1) is 15.6. The molecule has 7 heteroatoms. The van der Waals surface area contributed by atoms with Crippen LogP contribution in [-0.2, 0) is 6.61 Å². The summed E-state index contributed by atoms with van der Waals surface area (Å²) in [5, 5.41) is 9.72. The number of allylic oxidation sites excluding steroid dienone is 1. The highest BCUT2D eigenvalue weighted by molar-refractivity contribution is 9.10. The molecule has 4 rings (SSSR count). The molecule has 0 saturated carbocycles. The summed E-state index contributed by atoms with van der Waals surface area (Å²) in [7, 11) is 0. The van der Waals surface area contributed by atoms with Crippen LogP contribution in [0.3, 0.4) is 0 Å². The molecule has 0 aliphatic carbocycles. The van der Waals surface area contributed by atoms with E-state index in [1.807, 2.05) is 37.3 Å². The molecule has 5 nitrogen and oxygen atoms in total. The Morgan fingerprint density at radius 1 is 1.16 bits per heavy atom. The van der Waals surface area contributed by atoms with Crippen LogP contribution in [0.5, 0.6) is 11.5 Å². The molecule has 0 saturated heterocycles. The van der Waals surface area contributed by atoms with Crippen molar-refractivity contribution in [2.75, 3.05) is 6.61 Å². The van der Waals surface area contributed by atoms with Gasteiger partial charge in [-0.25, -0.2) is 9.37 Å². The number of hydrogen-bond donors (Lipinski definition) is 1. The standard InChI is InChI=1S/C25H19BrFN3O2/c1-2-31-23-13-16(11-18(14-28)25-29-21-9-5-6-10-22(21)30-25)12-19(26)24(23)32-15-17-7-3-4-8-20(17)27/h3-13H,2,15H2,1H3,(H,29,30)/b18-11+. The molecule has 160 valence electrons. The number of para-hydroxylation sites is 2. The molecule has 3 aromatic carbocycles. The lowest BCUT2D eigenvalue weighted by Gasteiger charge is -2.15. The average molecular weight is 492 g/mol. The van der Waals surface area contributed by atoms with Crippen LogP contribution in [0.4, 0.5) is 4.39 Å². The van der Waals surface area contributed by atoms with E-state index in [1.165, 1.54) is 6.07 Å². The molecular formula is C25H19BrFN3O2. The van der Waals surface area contributed by atoms with Crippen molar-refractivity contribution < 1.29 is 13.9 Å². The van der Waals surface area contributed by atoms with Gasteiger partial charge in [-0.3, -0.25) is 0 Å². The Balaban J connectivity index is 1.67. The van der Waals surface area contributed by atoms with Gasteiger partial charge in [0.15, 0.2) is 11.5 Å². The maximum Gasteiger partial charge on any atom is 0.175 e. The highest BCUT2D eigenvalue weighted by atomic mass is 79.9. The first-order valence-corrected chi connectivity index (χ1v) is 10.8. The molecule has 4 aromatic rings. The van der Waals surface area contributed by atoms with E-state index in [1.54, 1.807) is 30.3 Å². The van der Waals surface area contributed by atoms with E-state index in [-0.39, 0.29) is 12.4 Å². The van der Waals surface area contributed by atoms with Gasteiger partial charge in [0.1, 0.15) is 24.3 Å². The summed E-state index contributed by atoms with van der Waals surface area (Å²) < 4.78 is 26.2. The molecule has 0 amide bonds. The molecule has 32 heavy (non-hydrogen) atoms. The van der Waals surface area contributed by atoms with Crippen LogP contribution >= 0.6 is 15.9 Å². The maximum atomic E-state index is 14.0. The topological polar surface area (TPSA) is 70.9 Å². The van der Waals surface area contributed by atoms with E-state index < -0.39 is 0 Å². The zero-order valence-electron chi connectivity index (χ0n) is 17.2. The Morgan fingerprint density at radius 2 is 1.94 bits per heavy atom. The second-order valence-corrected chi connectivity index (χ2v) is 7.77. The Bertz CT molecular complexity index is 1310. The summed E-state index contributed by atoms with van der Waals surface area (Å²) in [6.45, 7) is 2.35. The minimum atomic E-state index is -0.328. The molecular weight excluding hydrogens is 473 g/mol. The molecule has 1 N–H and O–H groups in total. The number of benzene rings is 3. The minimum Gasteiger partial charge on any atom is -0.490 e. The number of imidazole rings is 1. The predicted octanol–water partition coefficient (Wildman–Crippen LogP) is 6.51. The van der Waals surface area contributed by atoms with E-state index in [4.69, 9.17) is 9.47 Å². The van der Waals surface area contributed by atoms with Gasteiger partial charge in [0.2, 0.25) is 0 Å². The number of hydrogen-bond acceptors (Lipinski definition) is 4. The first kappa shape index (κ1) is 21.6. The Kier molecular flexibility index (Phi) is 6.52. The van der Waals surface area contributed by atoms with Crippen LogP contribution in [0, 0.1) is 17.1 Å². The van der Waals surface area contributed by atoms with Gasteiger partial charge in [-0.1, -0.05) is 30.3 Å². The van der Waals surface area contributed by atoms with Crippen molar-refractivity contribution in [2.24, 2.45) is 0 Å². The first-order valence-electron chi connectivity index (χ1n) is 9.98. The number of H-pyrrole nitrogens is 1. The van der Waals surface area contributed by atoms with Crippen LogP contribution in [0.1, 0.15) is 23.9 Å². The lowest BCUT2D eigenvalue weighted by molar-refractivity contribution is 0.264. The summed E-state index contributed by atoms with van der Waals surface area (Å²) in [5.74, 6) is 1.12. The van der Waals surface area contributed by atoms with E-state index in [0.29, 0.717) is 39.5 Å². The van der Waals surface area contributed by atoms with Gasteiger partial charge in [0, 0.05) is 5.56 Å². The number of ether oxygens (including phenoxy) is 2. The van der Waals surface area contributed by atoms with Crippen LogP contribution < -0.4 is 9.47 Å². The Labute approximate surface area is 193 Å². The van der Waals surface area contributed by atoms with E-state index >= 15 is 0 Å².